The number of benzene rings is 7. The molecule has 220 valence electrons. The van der Waals surface area contributed by atoms with Crippen molar-refractivity contribution in [1.82, 2.24) is 9.97 Å². The molecule has 9 aromatic rings. The minimum Gasteiger partial charge on any atom is -0.455 e. The van der Waals surface area contributed by atoms with Crippen LogP contribution in [0, 0.1) is 0 Å². The van der Waals surface area contributed by atoms with E-state index < -0.39 is 0 Å². The van der Waals surface area contributed by atoms with Crippen LogP contribution in [0.3, 0.4) is 0 Å². The van der Waals surface area contributed by atoms with Crippen LogP contribution in [0.1, 0.15) is 0 Å². The molecule has 3 heteroatoms. The first-order valence-electron chi connectivity index (χ1n) is 15.8. The Morgan fingerprint density at radius 3 is 1.68 bits per heavy atom. The number of para-hydroxylation sites is 1. The Bertz CT molecular complexity index is 2500. The lowest BCUT2D eigenvalue weighted by Crippen LogP contribution is -1.96. The van der Waals surface area contributed by atoms with Crippen molar-refractivity contribution in [2.75, 3.05) is 0 Å². The second-order valence-electron chi connectivity index (χ2n) is 11.8. The normalized spacial score (nSPS) is 11.4. The summed E-state index contributed by atoms with van der Waals surface area (Å²) in [6.07, 6.45) is 0. The van der Waals surface area contributed by atoms with Crippen LogP contribution in [0.15, 0.2) is 174 Å². The Balaban J connectivity index is 1.34. The summed E-state index contributed by atoms with van der Waals surface area (Å²) in [5.74, 6) is 0.694. The summed E-state index contributed by atoms with van der Waals surface area (Å²) in [4.78, 5) is 10.2. The second-order valence-corrected chi connectivity index (χ2v) is 11.8. The van der Waals surface area contributed by atoms with Crippen LogP contribution < -0.4 is 0 Å². The highest BCUT2D eigenvalue weighted by atomic mass is 16.3. The number of rotatable bonds is 5. The molecule has 9 rings (SSSR count). The van der Waals surface area contributed by atoms with Gasteiger partial charge < -0.3 is 4.42 Å². The van der Waals surface area contributed by atoms with Crippen molar-refractivity contribution < 1.29 is 4.42 Å². The largest absolute Gasteiger partial charge is 0.455 e. The van der Waals surface area contributed by atoms with E-state index in [1.54, 1.807) is 0 Å². The topological polar surface area (TPSA) is 38.9 Å². The predicted octanol–water partition coefficient (Wildman–Crippen LogP) is 11.9. The number of fused-ring (bicyclic) bond motifs is 5. The fraction of sp³-hybridized carbons (Fsp3) is 0. The molecule has 0 radical (unpaired) electrons. The third-order valence-electron chi connectivity index (χ3n) is 8.84. The van der Waals surface area contributed by atoms with E-state index in [1.165, 1.54) is 10.8 Å². The van der Waals surface area contributed by atoms with Crippen LogP contribution in [-0.4, -0.2) is 9.97 Å². The molecular weight excluding hydrogens is 572 g/mol. The van der Waals surface area contributed by atoms with Gasteiger partial charge in [-0.3, -0.25) is 0 Å². The Hall–Kier alpha value is -6.32. The lowest BCUT2D eigenvalue weighted by Gasteiger charge is -2.14. The summed E-state index contributed by atoms with van der Waals surface area (Å²) in [5, 5.41) is 4.62. The summed E-state index contributed by atoms with van der Waals surface area (Å²) in [6, 6.07) is 59.1. The van der Waals surface area contributed by atoms with Gasteiger partial charge in [-0.1, -0.05) is 133 Å². The molecule has 2 heterocycles. The molecule has 7 aromatic carbocycles. The van der Waals surface area contributed by atoms with E-state index in [4.69, 9.17) is 14.4 Å². The third-order valence-corrected chi connectivity index (χ3v) is 8.84. The van der Waals surface area contributed by atoms with Gasteiger partial charge in [-0.2, -0.15) is 0 Å². The molecule has 47 heavy (non-hydrogen) atoms. The van der Waals surface area contributed by atoms with Gasteiger partial charge in [0.25, 0.3) is 0 Å². The van der Waals surface area contributed by atoms with E-state index in [9.17, 15) is 0 Å². The van der Waals surface area contributed by atoms with E-state index in [0.29, 0.717) is 5.82 Å². The number of nitrogens with zero attached hydrogens (tertiary/aromatic N) is 2. The molecule has 0 atom stereocenters. The van der Waals surface area contributed by atoms with Crippen LogP contribution in [0.25, 0.3) is 88.9 Å². The number of aromatic nitrogens is 2. The quantitative estimate of drug-likeness (QED) is 0.197. The van der Waals surface area contributed by atoms with Crippen LogP contribution in [0.5, 0.6) is 0 Å². The van der Waals surface area contributed by atoms with Crippen molar-refractivity contribution in [1.29, 1.82) is 0 Å². The number of furan rings is 1. The Labute approximate surface area is 272 Å². The average molecular weight is 601 g/mol. The first kappa shape index (κ1) is 27.0. The third kappa shape index (κ3) is 4.86. The van der Waals surface area contributed by atoms with Crippen molar-refractivity contribution in [2.24, 2.45) is 0 Å². The minimum atomic E-state index is 0.694. The monoisotopic (exact) mass is 600 g/mol. The highest BCUT2D eigenvalue weighted by molar-refractivity contribution is 6.22. The highest BCUT2D eigenvalue weighted by Gasteiger charge is 2.19. The smallest absolute Gasteiger partial charge is 0.160 e. The molecule has 0 bridgehead atoms. The molecule has 0 aliphatic rings. The maximum Gasteiger partial charge on any atom is 0.160 e. The molecule has 3 nitrogen and oxygen atoms in total. The predicted molar refractivity (Wildman–Crippen MR) is 194 cm³/mol. The fourth-order valence-corrected chi connectivity index (χ4v) is 6.59. The van der Waals surface area contributed by atoms with E-state index in [2.05, 4.69) is 127 Å². The lowest BCUT2D eigenvalue weighted by molar-refractivity contribution is 0.670. The van der Waals surface area contributed by atoms with Crippen molar-refractivity contribution in [2.45, 2.75) is 0 Å². The van der Waals surface area contributed by atoms with E-state index in [0.717, 1.165) is 72.3 Å². The van der Waals surface area contributed by atoms with Crippen molar-refractivity contribution in [3.63, 3.8) is 0 Å². The first-order chi connectivity index (χ1) is 23.3. The summed E-state index contributed by atoms with van der Waals surface area (Å²) in [6.45, 7) is 0. The zero-order chi connectivity index (χ0) is 31.2. The minimum absolute atomic E-state index is 0.694. The summed E-state index contributed by atoms with van der Waals surface area (Å²) < 4.78 is 6.67. The zero-order valence-electron chi connectivity index (χ0n) is 25.5. The molecule has 0 saturated carbocycles. The molecule has 0 N–H and O–H groups in total. The summed E-state index contributed by atoms with van der Waals surface area (Å²) in [5.41, 5.74) is 10.9. The fourth-order valence-electron chi connectivity index (χ4n) is 6.59. The van der Waals surface area contributed by atoms with Gasteiger partial charge in [-0.15, -0.1) is 0 Å². The van der Waals surface area contributed by atoms with Crippen molar-refractivity contribution in [3.05, 3.63) is 170 Å². The zero-order valence-corrected chi connectivity index (χ0v) is 25.5. The number of hydrogen-bond acceptors (Lipinski definition) is 3. The van der Waals surface area contributed by atoms with E-state index in [1.807, 2.05) is 42.5 Å². The van der Waals surface area contributed by atoms with Gasteiger partial charge in [0, 0.05) is 33.0 Å². The van der Waals surface area contributed by atoms with Crippen LogP contribution in [0.4, 0.5) is 0 Å². The molecule has 0 fully saturated rings. The molecule has 0 amide bonds. The Morgan fingerprint density at radius 1 is 0.383 bits per heavy atom. The van der Waals surface area contributed by atoms with Gasteiger partial charge in [0.15, 0.2) is 5.82 Å². The SMILES string of the molecule is c1ccc(-c2cc(-c3cc(-c4ccccc4)nc(-c4ccccc4)n3)cc(-c3cc4ccccc4c4c3oc3ccccc34)c2)cc1. The summed E-state index contributed by atoms with van der Waals surface area (Å²) in [7, 11) is 0. The van der Waals surface area contributed by atoms with Gasteiger partial charge in [-0.05, 0) is 63.9 Å². The standard InChI is InChI=1S/C44H28N2O/c1-4-14-29(15-5-1)33-24-34(38-27-32-20-10-11-21-36(32)42-37-22-12-13-23-41(37)47-43(38)42)26-35(25-33)40-28-39(30-16-6-2-7-17-30)45-44(46-40)31-18-8-3-9-19-31/h1-28H. The van der Waals surface area contributed by atoms with Gasteiger partial charge in [-0.25, -0.2) is 9.97 Å². The molecule has 0 unspecified atom stereocenters. The second kappa shape index (κ2) is 11.2. The molecular formula is C44H28N2O. The molecule has 0 saturated heterocycles. The van der Waals surface area contributed by atoms with E-state index in [-0.39, 0.29) is 0 Å². The van der Waals surface area contributed by atoms with Crippen molar-refractivity contribution >= 4 is 32.7 Å². The van der Waals surface area contributed by atoms with Gasteiger partial charge in [0.2, 0.25) is 0 Å². The lowest BCUT2D eigenvalue weighted by atomic mass is 9.92. The molecule has 0 spiro atoms. The average Bonchev–Trinajstić information content (AvgIpc) is 3.55. The van der Waals surface area contributed by atoms with Crippen LogP contribution in [-0.2, 0) is 0 Å². The highest BCUT2D eigenvalue weighted by Crippen LogP contribution is 2.43. The van der Waals surface area contributed by atoms with E-state index >= 15 is 0 Å². The maximum atomic E-state index is 6.67. The van der Waals surface area contributed by atoms with Crippen LogP contribution >= 0.6 is 0 Å². The number of hydrogen-bond donors (Lipinski definition) is 0. The van der Waals surface area contributed by atoms with Gasteiger partial charge in [0.05, 0.1) is 11.4 Å². The first-order valence-corrected chi connectivity index (χ1v) is 15.8. The maximum absolute atomic E-state index is 6.67. The Kier molecular flexibility index (Phi) is 6.46. The Morgan fingerprint density at radius 2 is 0.936 bits per heavy atom. The van der Waals surface area contributed by atoms with Gasteiger partial charge in [0.1, 0.15) is 11.2 Å². The molecule has 0 aliphatic carbocycles. The molecule has 0 aliphatic heterocycles. The van der Waals surface area contributed by atoms with Gasteiger partial charge >= 0.3 is 0 Å². The van der Waals surface area contributed by atoms with Crippen molar-refractivity contribution in [3.8, 4) is 56.2 Å². The van der Waals surface area contributed by atoms with Crippen LogP contribution in [0.2, 0.25) is 0 Å². The molecule has 2 aromatic heterocycles. The summed E-state index contributed by atoms with van der Waals surface area (Å²) >= 11 is 0.